The largest absolute Gasteiger partial charge is 0.506 e. The van der Waals surface area contributed by atoms with Gasteiger partial charge in [-0.15, -0.1) is 0 Å². The molecule has 0 saturated carbocycles. The Labute approximate surface area is 147 Å². The summed E-state index contributed by atoms with van der Waals surface area (Å²) in [4.78, 5) is 16.9. The summed E-state index contributed by atoms with van der Waals surface area (Å²) in [5.74, 6) is -0.0821. The number of aliphatic hydroxyl groups excluding tert-OH is 1. The third kappa shape index (κ3) is 3.68. The highest BCUT2D eigenvalue weighted by Gasteiger charge is 2.37. The minimum atomic E-state index is -0.0896. The molecule has 0 spiro atoms. The lowest BCUT2D eigenvalue weighted by molar-refractivity contribution is 0.0179. The van der Waals surface area contributed by atoms with E-state index in [0.29, 0.717) is 18.7 Å². The van der Waals surface area contributed by atoms with Gasteiger partial charge in [0, 0.05) is 30.6 Å². The zero-order chi connectivity index (χ0) is 17.2. The molecule has 2 aliphatic rings. The number of carbonyl (C=O) groups excluding carboxylic acids is 1. The fraction of sp³-hybridized carbons (Fsp3) is 0.611. The predicted octanol–water partition coefficient (Wildman–Crippen LogP) is 2.36. The van der Waals surface area contributed by atoms with E-state index in [-0.39, 0.29) is 28.7 Å². The number of nitrogens with zero attached hydrogens (tertiary/aromatic N) is 2. The molecule has 2 aliphatic heterocycles. The zero-order valence-corrected chi connectivity index (χ0v) is 14.6. The third-order valence-electron chi connectivity index (χ3n) is 5.40. The van der Waals surface area contributed by atoms with Crippen LogP contribution in [0.2, 0.25) is 5.02 Å². The number of amides is 1. The minimum absolute atomic E-state index is 0.0169. The van der Waals surface area contributed by atoms with Crippen molar-refractivity contribution in [2.75, 3.05) is 39.3 Å². The molecule has 2 fully saturated rings. The van der Waals surface area contributed by atoms with Crippen LogP contribution in [0.4, 0.5) is 0 Å². The summed E-state index contributed by atoms with van der Waals surface area (Å²) in [5.41, 5.74) is 0.405. The number of phenols is 1. The Morgan fingerprint density at radius 2 is 1.83 bits per heavy atom. The van der Waals surface area contributed by atoms with Crippen LogP contribution in [0.3, 0.4) is 0 Å². The first-order valence-corrected chi connectivity index (χ1v) is 9.02. The molecule has 1 aromatic carbocycles. The highest BCUT2D eigenvalue weighted by molar-refractivity contribution is 6.32. The van der Waals surface area contributed by atoms with E-state index < -0.39 is 0 Å². The van der Waals surface area contributed by atoms with Gasteiger partial charge in [0.2, 0.25) is 0 Å². The van der Waals surface area contributed by atoms with Gasteiger partial charge in [-0.1, -0.05) is 11.6 Å². The summed E-state index contributed by atoms with van der Waals surface area (Å²) in [6.45, 7) is 4.64. The van der Waals surface area contributed by atoms with E-state index in [9.17, 15) is 15.0 Å². The van der Waals surface area contributed by atoms with Gasteiger partial charge in [0.05, 0.1) is 11.6 Å². The molecule has 6 heteroatoms. The second-order valence-electron chi connectivity index (χ2n) is 7.10. The summed E-state index contributed by atoms with van der Waals surface area (Å²) in [5, 5.41) is 19.6. The van der Waals surface area contributed by atoms with E-state index in [1.165, 1.54) is 25.0 Å². The number of hydrogen-bond acceptors (Lipinski definition) is 4. The minimum Gasteiger partial charge on any atom is -0.506 e. The Bertz CT molecular complexity index is 594. The quantitative estimate of drug-likeness (QED) is 0.873. The van der Waals surface area contributed by atoms with Crippen molar-refractivity contribution in [1.82, 2.24) is 9.80 Å². The first kappa shape index (κ1) is 17.5. The number of hydrogen-bond donors (Lipinski definition) is 2. The van der Waals surface area contributed by atoms with Gasteiger partial charge in [0.15, 0.2) is 0 Å². The van der Waals surface area contributed by atoms with Crippen molar-refractivity contribution in [2.45, 2.75) is 25.7 Å². The third-order valence-corrected chi connectivity index (χ3v) is 5.70. The van der Waals surface area contributed by atoms with Crippen LogP contribution in [-0.4, -0.2) is 65.3 Å². The lowest BCUT2D eigenvalue weighted by atomic mass is 9.78. The van der Waals surface area contributed by atoms with Crippen molar-refractivity contribution >= 4 is 17.5 Å². The number of aromatic hydroxyl groups is 1. The fourth-order valence-electron chi connectivity index (χ4n) is 3.79. The lowest BCUT2D eigenvalue weighted by Gasteiger charge is -2.42. The molecule has 2 heterocycles. The molecule has 3 rings (SSSR count). The standard InChI is InChI=1S/C18H25ClN2O3/c19-15-11-14(3-4-16(15)23)17(24)21-9-5-18(13-22,6-10-21)12-20-7-1-2-8-20/h3-4,11,22-23H,1-2,5-10,12-13H2. The van der Waals surface area contributed by atoms with Crippen LogP contribution >= 0.6 is 11.6 Å². The maximum Gasteiger partial charge on any atom is 0.253 e. The van der Waals surface area contributed by atoms with Crippen LogP contribution in [0.15, 0.2) is 18.2 Å². The van der Waals surface area contributed by atoms with Crippen molar-refractivity contribution in [2.24, 2.45) is 5.41 Å². The summed E-state index contributed by atoms with van der Waals surface area (Å²) < 4.78 is 0. The Morgan fingerprint density at radius 3 is 2.42 bits per heavy atom. The van der Waals surface area contributed by atoms with E-state index >= 15 is 0 Å². The molecule has 24 heavy (non-hydrogen) atoms. The average molecular weight is 353 g/mol. The smallest absolute Gasteiger partial charge is 0.253 e. The fourth-order valence-corrected chi connectivity index (χ4v) is 3.97. The topological polar surface area (TPSA) is 64.0 Å². The van der Waals surface area contributed by atoms with Crippen molar-refractivity contribution in [3.8, 4) is 5.75 Å². The number of benzene rings is 1. The zero-order valence-electron chi connectivity index (χ0n) is 13.9. The summed E-state index contributed by atoms with van der Waals surface area (Å²) >= 11 is 5.90. The van der Waals surface area contributed by atoms with Crippen molar-refractivity contribution in [3.63, 3.8) is 0 Å². The van der Waals surface area contributed by atoms with E-state index in [1.54, 1.807) is 6.07 Å². The SMILES string of the molecule is O=C(c1ccc(O)c(Cl)c1)N1CCC(CO)(CN2CCCC2)CC1. The molecule has 1 aromatic rings. The van der Waals surface area contributed by atoms with Crippen molar-refractivity contribution in [3.05, 3.63) is 28.8 Å². The Balaban J connectivity index is 1.62. The molecule has 1 amide bonds. The van der Waals surface area contributed by atoms with Gasteiger partial charge in [0.1, 0.15) is 5.75 Å². The van der Waals surface area contributed by atoms with Crippen LogP contribution in [0.1, 0.15) is 36.0 Å². The highest BCUT2D eigenvalue weighted by atomic mass is 35.5. The Hall–Kier alpha value is -1.30. The number of carbonyl (C=O) groups is 1. The molecule has 0 radical (unpaired) electrons. The van der Waals surface area contributed by atoms with E-state index in [1.807, 2.05) is 4.90 Å². The van der Waals surface area contributed by atoms with Crippen molar-refractivity contribution in [1.29, 1.82) is 0 Å². The van der Waals surface area contributed by atoms with Crippen molar-refractivity contribution < 1.29 is 15.0 Å². The average Bonchev–Trinajstić information content (AvgIpc) is 3.10. The molecule has 0 aliphatic carbocycles. The maximum atomic E-state index is 12.6. The molecule has 5 nitrogen and oxygen atoms in total. The first-order valence-electron chi connectivity index (χ1n) is 8.64. The number of halogens is 1. The van der Waals surface area contributed by atoms with Crippen LogP contribution < -0.4 is 0 Å². The Kier molecular flexibility index (Phi) is 5.33. The maximum absolute atomic E-state index is 12.6. The number of rotatable bonds is 4. The molecular weight excluding hydrogens is 328 g/mol. The first-order chi connectivity index (χ1) is 11.5. The predicted molar refractivity (Wildman–Crippen MR) is 93.4 cm³/mol. The lowest BCUT2D eigenvalue weighted by Crippen LogP contribution is -2.49. The van der Waals surface area contributed by atoms with Gasteiger partial charge < -0.3 is 20.0 Å². The molecule has 2 saturated heterocycles. The van der Waals surface area contributed by atoms with E-state index in [0.717, 1.165) is 32.5 Å². The van der Waals surface area contributed by atoms with Crippen LogP contribution in [0, 0.1) is 5.41 Å². The van der Waals surface area contributed by atoms with Gasteiger partial charge in [-0.3, -0.25) is 4.79 Å². The molecule has 2 N–H and O–H groups in total. The van der Waals surface area contributed by atoms with Crippen LogP contribution in [-0.2, 0) is 0 Å². The van der Waals surface area contributed by atoms with Crippen LogP contribution in [0.25, 0.3) is 0 Å². The second kappa shape index (κ2) is 7.30. The monoisotopic (exact) mass is 352 g/mol. The van der Waals surface area contributed by atoms with Gasteiger partial charge in [-0.2, -0.15) is 0 Å². The normalized spacial score (nSPS) is 21.2. The number of piperidine rings is 1. The Morgan fingerprint density at radius 1 is 1.17 bits per heavy atom. The van der Waals surface area contributed by atoms with Gasteiger partial charge in [0.25, 0.3) is 5.91 Å². The molecule has 0 unspecified atom stereocenters. The summed E-state index contributed by atoms with van der Waals surface area (Å²) in [7, 11) is 0. The van der Waals surface area contributed by atoms with E-state index in [2.05, 4.69) is 4.90 Å². The van der Waals surface area contributed by atoms with Gasteiger partial charge >= 0.3 is 0 Å². The van der Waals surface area contributed by atoms with Crippen LogP contribution in [0.5, 0.6) is 5.75 Å². The van der Waals surface area contributed by atoms with E-state index in [4.69, 9.17) is 11.6 Å². The van der Waals surface area contributed by atoms with Gasteiger partial charge in [-0.25, -0.2) is 0 Å². The number of aliphatic hydroxyl groups is 1. The molecular formula is C18H25ClN2O3. The summed E-state index contributed by atoms with van der Waals surface area (Å²) in [6.07, 6.45) is 4.12. The number of likely N-dealkylation sites (tertiary alicyclic amines) is 2. The van der Waals surface area contributed by atoms with Gasteiger partial charge in [-0.05, 0) is 57.0 Å². The summed E-state index contributed by atoms with van der Waals surface area (Å²) in [6, 6.07) is 4.56. The molecule has 0 aromatic heterocycles. The molecule has 132 valence electrons. The molecule has 0 atom stereocenters. The highest BCUT2D eigenvalue weighted by Crippen LogP contribution is 2.34. The second-order valence-corrected chi connectivity index (χ2v) is 7.51. The number of phenolic OH excluding ortho intramolecular Hbond substituents is 1. The molecule has 0 bridgehead atoms.